The Morgan fingerprint density at radius 3 is 2.87 bits per heavy atom. The average Bonchev–Trinajstić information content (AvgIpc) is 3.44. The quantitative estimate of drug-likeness (QED) is 0.530. The number of amides is 2. The minimum Gasteiger partial charge on any atom is -0.326 e. The number of benzene rings is 2. The van der Waals surface area contributed by atoms with E-state index < -0.39 is 0 Å². The smallest absolute Gasteiger partial charge is 0.279 e. The molecule has 0 fully saturated rings. The largest absolute Gasteiger partial charge is 0.326 e. The third-order valence-electron chi connectivity index (χ3n) is 4.73. The van der Waals surface area contributed by atoms with E-state index in [1.807, 2.05) is 53.9 Å². The highest BCUT2D eigenvalue weighted by atomic mass is 32.1. The summed E-state index contributed by atoms with van der Waals surface area (Å²) in [6.45, 7) is 0. The minimum atomic E-state index is -0.369. The fraction of sp³-hybridized carbons (Fsp3) is 0.0952. The number of fused-ring (bicyclic) bond motifs is 1. The third kappa shape index (κ3) is 3.58. The van der Waals surface area contributed by atoms with Gasteiger partial charge in [-0.2, -0.15) is 9.90 Å². The first-order valence-corrected chi connectivity index (χ1v) is 10.2. The Morgan fingerprint density at radius 2 is 2.00 bits per heavy atom. The van der Waals surface area contributed by atoms with Crippen molar-refractivity contribution in [1.82, 2.24) is 20.0 Å². The van der Waals surface area contributed by atoms with Gasteiger partial charge in [-0.05, 0) is 36.2 Å². The molecule has 2 N–H and O–H groups in total. The first-order chi connectivity index (χ1) is 14.7. The van der Waals surface area contributed by atoms with E-state index in [4.69, 9.17) is 0 Å². The standard InChI is InChI=1S/C21H16N6O2S/c28-19-9-7-13-10-14(6-8-16(13)23-19)18-12-30-21(24-18)25-20(29)17-11-22-27(26-17)15-4-2-1-3-5-15/h1-6,8,10-12H,7,9H2,(H,23,28)(H,24,25,29). The molecule has 0 radical (unpaired) electrons. The topological polar surface area (TPSA) is 102 Å². The van der Waals surface area contributed by atoms with Crippen molar-refractivity contribution in [2.45, 2.75) is 12.8 Å². The van der Waals surface area contributed by atoms with Crippen molar-refractivity contribution in [1.29, 1.82) is 0 Å². The molecule has 0 saturated carbocycles. The van der Waals surface area contributed by atoms with Gasteiger partial charge in [0.1, 0.15) is 0 Å². The van der Waals surface area contributed by atoms with E-state index in [1.54, 1.807) is 0 Å². The fourth-order valence-corrected chi connectivity index (χ4v) is 3.94. The maximum atomic E-state index is 12.5. The predicted octanol–water partition coefficient (Wildman–Crippen LogP) is 3.53. The van der Waals surface area contributed by atoms with Gasteiger partial charge in [0.25, 0.3) is 5.91 Å². The number of thiazole rings is 1. The summed E-state index contributed by atoms with van der Waals surface area (Å²) in [4.78, 5) is 30.0. The van der Waals surface area contributed by atoms with Crippen molar-refractivity contribution in [3.05, 3.63) is 71.4 Å². The average molecular weight is 416 g/mol. The van der Waals surface area contributed by atoms with Gasteiger partial charge in [0.05, 0.1) is 17.6 Å². The van der Waals surface area contributed by atoms with Crippen molar-refractivity contribution in [3.8, 4) is 16.9 Å². The monoisotopic (exact) mass is 416 g/mol. The van der Waals surface area contributed by atoms with Crippen LogP contribution in [0.3, 0.4) is 0 Å². The molecule has 2 aromatic heterocycles. The maximum Gasteiger partial charge on any atom is 0.279 e. The summed E-state index contributed by atoms with van der Waals surface area (Å²) < 4.78 is 0. The molecular formula is C21H16N6O2S. The molecule has 9 heteroatoms. The van der Waals surface area contributed by atoms with Gasteiger partial charge < -0.3 is 5.32 Å². The van der Waals surface area contributed by atoms with Crippen molar-refractivity contribution in [2.24, 2.45) is 0 Å². The van der Waals surface area contributed by atoms with Crippen LogP contribution in [-0.2, 0) is 11.2 Å². The highest BCUT2D eigenvalue weighted by molar-refractivity contribution is 7.14. The van der Waals surface area contributed by atoms with Crippen LogP contribution in [0.5, 0.6) is 0 Å². The van der Waals surface area contributed by atoms with Crippen LogP contribution in [0, 0.1) is 0 Å². The van der Waals surface area contributed by atoms with Crippen molar-refractivity contribution in [2.75, 3.05) is 10.6 Å². The Bertz CT molecular complexity index is 1250. The van der Waals surface area contributed by atoms with Gasteiger partial charge >= 0.3 is 0 Å². The normalized spacial score (nSPS) is 12.9. The highest BCUT2D eigenvalue weighted by Crippen LogP contribution is 2.30. The van der Waals surface area contributed by atoms with Crippen LogP contribution in [-0.4, -0.2) is 31.8 Å². The van der Waals surface area contributed by atoms with Crippen molar-refractivity contribution >= 4 is 34.0 Å². The minimum absolute atomic E-state index is 0.0399. The lowest BCUT2D eigenvalue weighted by molar-refractivity contribution is -0.116. The van der Waals surface area contributed by atoms with Gasteiger partial charge in [-0.15, -0.1) is 16.4 Å². The van der Waals surface area contributed by atoms with Gasteiger partial charge in [0, 0.05) is 23.1 Å². The number of anilines is 2. The van der Waals surface area contributed by atoms with Crippen LogP contribution < -0.4 is 10.6 Å². The lowest BCUT2D eigenvalue weighted by Gasteiger charge is -2.17. The summed E-state index contributed by atoms with van der Waals surface area (Å²) in [5, 5.41) is 16.4. The molecule has 0 aliphatic carbocycles. The number of para-hydroxylation sites is 1. The molecule has 5 rings (SSSR count). The van der Waals surface area contributed by atoms with Crippen LogP contribution in [0.2, 0.25) is 0 Å². The molecule has 30 heavy (non-hydrogen) atoms. The van der Waals surface area contributed by atoms with Gasteiger partial charge in [-0.3, -0.25) is 14.9 Å². The molecule has 0 spiro atoms. The summed E-state index contributed by atoms with van der Waals surface area (Å²) in [7, 11) is 0. The Kier molecular flexibility index (Phi) is 4.56. The number of aryl methyl sites for hydroxylation is 1. The summed E-state index contributed by atoms with van der Waals surface area (Å²) >= 11 is 1.34. The highest BCUT2D eigenvalue weighted by Gasteiger charge is 2.17. The molecular weight excluding hydrogens is 400 g/mol. The van der Waals surface area contributed by atoms with E-state index in [0.717, 1.165) is 28.2 Å². The van der Waals surface area contributed by atoms with Gasteiger partial charge in [0.15, 0.2) is 10.8 Å². The second-order valence-electron chi connectivity index (χ2n) is 6.77. The number of nitrogens with one attached hydrogen (secondary N) is 2. The number of hydrogen-bond donors (Lipinski definition) is 2. The van der Waals surface area contributed by atoms with Gasteiger partial charge in [-0.1, -0.05) is 24.3 Å². The van der Waals surface area contributed by atoms with Crippen molar-refractivity contribution in [3.63, 3.8) is 0 Å². The Morgan fingerprint density at radius 1 is 1.13 bits per heavy atom. The first kappa shape index (κ1) is 18.2. The molecule has 1 aliphatic rings. The van der Waals surface area contributed by atoms with E-state index in [9.17, 15) is 9.59 Å². The molecule has 0 saturated heterocycles. The zero-order valence-electron chi connectivity index (χ0n) is 15.7. The summed E-state index contributed by atoms with van der Waals surface area (Å²) in [5.41, 5.74) is 4.62. The molecule has 2 aromatic carbocycles. The molecule has 3 heterocycles. The van der Waals surface area contributed by atoms with E-state index in [1.165, 1.54) is 22.3 Å². The molecule has 0 unspecified atom stereocenters. The molecule has 8 nitrogen and oxygen atoms in total. The molecule has 148 valence electrons. The van der Waals surface area contributed by atoms with Gasteiger partial charge in [0.2, 0.25) is 5.91 Å². The number of aromatic nitrogens is 4. The second-order valence-corrected chi connectivity index (χ2v) is 7.63. The third-order valence-corrected chi connectivity index (χ3v) is 5.49. The van der Waals surface area contributed by atoms with Crippen LogP contribution in [0.25, 0.3) is 16.9 Å². The SMILES string of the molecule is O=C1CCc2cc(-c3csc(NC(=O)c4cnn(-c5ccccc5)n4)n3)ccc2N1. The lowest BCUT2D eigenvalue weighted by Crippen LogP contribution is -2.18. The number of rotatable bonds is 4. The number of nitrogens with zero attached hydrogens (tertiary/aromatic N) is 4. The van der Waals surface area contributed by atoms with Crippen LogP contribution in [0.1, 0.15) is 22.5 Å². The zero-order chi connectivity index (χ0) is 20.5. The lowest BCUT2D eigenvalue weighted by atomic mass is 9.99. The molecule has 4 aromatic rings. The predicted molar refractivity (Wildman–Crippen MR) is 114 cm³/mol. The number of hydrogen-bond acceptors (Lipinski definition) is 6. The molecule has 1 aliphatic heterocycles. The molecule has 0 atom stereocenters. The summed E-state index contributed by atoms with van der Waals surface area (Å²) in [6, 6.07) is 15.2. The van der Waals surface area contributed by atoms with E-state index >= 15 is 0 Å². The Hall–Kier alpha value is -3.85. The number of carbonyl (C=O) groups is 2. The summed E-state index contributed by atoms with van der Waals surface area (Å²) in [6.07, 6.45) is 2.62. The number of carbonyl (C=O) groups excluding carboxylic acids is 2. The fourth-order valence-electron chi connectivity index (χ4n) is 3.22. The first-order valence-electron chi connectivity index (χ1n) is 9.33. The van der Waals surface area contributed by atoms with E-state index in [-0.39, 0.29) is 17.5 Å². The zero-order valence-corrected chi connectivity index (χ0v) is 16.5. The van der Waals surface area contributed by atoms with Crippen LogP contribution >= 0.6 is 11.3 Å². The van der Waals surface area contributed by atoms with E-state index in [2.05, 4.69) is 25.8 Å². The van der Waals surface area contributed by atoms with Crippen LogP contribution in [0.15, 0.2) is 60.1 Å². The Labute approximate surface area is 175 Å². The second kappa shape index (κ2) is 7.53. The summed E-state index contributed by atoms with van der Waals surface area (Å²) in [5.74, 6) is -0.329. The van der Waals surface area contributed by atoms with E-state index in [0.29, 0.717) is 18.0 Å². The Balaban J connectivity index is 1.31. The van der Waals surface area contributed by atoms with Gasteiger partial charge in [-0.25, -0.2) is 4.98 Å². The maximum absolute atomic E-state index is 12.5. The van der Waals surface area contributed by atoms with Crippen molar-refractivity contribution < 1.29 is 9.59 Å². The van der Waals surface area contributed by atoms with Crippen LogP contribution in [0.4, 0.5) is 10.8 Å². The molecule has 2 amide bonds. The molecule has 0 bridgehead atoms.